The number of rotatable bonds is 2. The Balaban J connectivity index is 2.30. The zero-order valence-corrected chi connectivity index (χ0v) is 9.18. The van der Waals surface area contributed by atoms with Crippen molar-refractivity contribution in [2.45, 2.75) is 13.3 Å². The van der Waals surface area contributed by atoms with Crippen LogP contribution in [0.15, 0.2) is 30.0 Å². The fourth-order valence-electron chi connectivity index (χ4n) is 1.81. The van der Waals surface area contributed by atoms with Crippen LogP contribution in [0.5, 0.6) is 0 Å². The van der Waals surface area contributed by atoms with Crippen molar-refractivity contribution in [1.29, 1.82) is 0 Å². The number of pyridine rings is 1. The van der Waals surface area contributed by atoms with Crippen LogP contribution in [0.3, 0.4) is 0 Å². The minimum atomic E-state index is -0.970. The van der Waals surface area contributed by atoms with Gasteiger partial charge in [0.25, 0.3) is 0 Å². The van der Waals surface area contributed by atoms with Gasteiger partial charge in [-0.05, 0) is 25.5 Å². The number of carboxylic acid groups (broad SMARTS) is 1. The number of carboxylic acids is 1. The van der Waals surface area contributed by atoms with E-state index in [9.17, 15) is 4.79 Å². The van der Waals surface area contributed by atoms with E-state index in [0.717, 1.165) is 19.5 Å². The highest BCUT2D eigenvalue weighted by Gasteiger charge is 2.17. The van der Waals surface area contributed by atoms with Crippen molar-refractivity contribution in [2.75, 3.05) is 18.0 Å². The molecule has 0 radical (unpaired) electrons. The van der Waals surface area contributed by atoms with Gasteiger partial charge in [0.2, 0.25) is 0 Å². The first-order valence-corrected chi connectivity index (χ1v) is 5.27. The molecule has 0 fully saturated rings. The minimum absolute atomic E-state index is 0.135. The molecule has 1 aliphatic rings. The molecular formula is C12H14N2O2. The fourth-order valence-corrected chi connectivity index (χ4v) is 1.81. The monoisotopic (exact) mass is 218 g/mol. The number of nitrogens with zero attached hydrogens (tertiary/aromatic N) is 2. The maximum atomic E-state index is 11.0. The first-order chi connectivity index (χ1) is 7.68. The fraction of sp³-hybridized carbons (Fsp3) is 0.333. The van der Waals surface area contributed by atoms with Gasteiger partial charge in [-0.3, -0.25) is 0 Å². The van der Waals surface area contributed by atoms with Gasteiger partial charge < -0.3 is 10.0 Å². The molecule has 0 aliphatic carbocycles. The summed E-state index contributed by atoms with van der Waals surface area (Å²) in [5.41, 5.74) is 2.20. The van der Waals surface area contributed by atoms with E-state index in [1.807, 2.05) is 11.0 Å². The van der Waals surface area contributed by atoms with Crippen molar-refractivity contribution in [3.63, 3.8) is 0 Å². The summed E-state index contributed by atoms with van der Waals surface area (Å²) in [5, 5.41) is 9.04. The van der Waals surface area contributed by atoms with Crippen molar-refractivity contribution in [3.05, 3.63) is 35.7 Å². The maximum absolute atomic E-state index is 11.0. The first-order valence-electron chi connectivity index (χ1n) is 5.27. The summed E-state index contributed by atoms with van der Waals surface area (Å²) in [5.74, 6) is -0.970. The van der Waals surface area contributed by atoms with Gasteiger partial charge in [0.1, 0.15) is 0 Å². The van der Waals surface area contributed by atoms with Gasteiger partial charge >= 0.3 is 5.97 Å². The van der Waals surface area contributed by atoms with Crippen LogP contribution in [0.2, 0.25) is 0 Å². The molecular weight excluding hydrogens is 204 g/mol. The largest absolute Gasteiger partial charge is 0.476 e. The quantitative estimate of drug-likeness (QED) is 0.771. The van der Waals surface area contributed by atoms with E-state index in [1.165, 1.54) is 11.8 Å². The average molecular weight is 218 g/mol. The van der Waals surface area contributed by atoms with Crippen molar-refractivity contribution >= 4 is 11.7 Å². The molecule has 1 aromatic heterocycles. The second kappa shape index (κ2) is 4.35. The van der Waals surface area contributed by atoms with Crippen LogP contribution >= 0.6 is 0 Å². The number of hydrogen-bond donors (Lipinski definition) is 1. The SMILES string of the molecule is CC1=CCN(c2cccnc2C(=O)O)CC1. The Morgan fingerprint density at radius 2 is 2.38 bits per heavy atom. The zero-order valence-electron chi connectivity index (χ0n) is 9.18. The lowest BCUT2D eigenvalue weighted by Crippen LogP contribution is -2.29. The standard InChI is InChI=1S/C12H14N2O2/c1-9-4-7-14(8-5-9)10-3-2-6-13-11(10)12(15)16/h2-4,6H,5,7-8H2,1H3,(H,15,16). The molecule has 2 heterocycles. The maximum Gasteiger partial charge on any atom is 0.356 e. The minimum Gasteiger partial charge on any atom is -0.476 e. The van der Waals surface area contributed by atoms with E-state index in [1.54, 1.807) is 6.07 Å². The highest BCUT2D eigenvalue weighted by atomic mass is 16.4. The van der Waals surface area contributed by atoms with E-state index in [-0.39, 0.29) is 5.69 Å². The third kappa shape index (κ3) is 2.05. The van der Waals surface area contributed by atoms with Gasteiger partial charge in [-0.1, -0.05) is 11.6 Å². The second-order valence-corrected chi connectivity index (χ2v) is 3.92. The van der Waals surface area contributed by atoms with Gasteiger partial charge in [-0.25, -0.2) is 9.78 Å². The van der Waals surface area contributed by atoms with Crippen LogP contribution in [-0.4, -0.2) is 29.1 Å². The van der Waals surface area contributed by atoms with Crippen LogP contribution in [0.1, 0.15) is 23.8 Å². The molecule has 4 nitrogen and oxygen atoms in total. The normalized spacial score (nSPS) is 15.8. The molecule has 84 valence electrons. The Morgan fingerprint density at radius 3 is 3.00 bits per heavy atom. The summed E-state index contributed by atoms with van der Waals surface area (Å²) < 4.78 is 0. The predicted molar refractivity (Wildman–Crippen MR) is 61.8 cm³/mol. The summed E-state index contributed by atoms with van der Waals surface area (Å²) >= 11 is 0. The third-order valence-corrected chi connectivity index (χ3v) is 2.77. The Kier molecular flexibility index (Phi) is 2.90. The van der Waals surface area contributed by atoms with E-state index in [2.05, 4.69) is 18.0 Å². The van der Waals surface area contributed by atoms with E-state index >= 15 is 0 Å². The van der Waals surface area contributed by atoms with E-state index in [0.29, 0.717) is 5.69 Å². The summed E-state index contributed by atoms with van der Waals surface area (Å²) in [6, 6.07) is 3.58. The molecule has 0 aromatic carbocycles. The second-order valence-electron chi connectivity index (χ2n) is 3.92. The lowest BCUT2D eigenvalue weighted by Gasteiger charge is -2.28. The predicted octanol–water partition coefficient (Wildman–Crippen LogP) is 1.94. The van der Waals surface area contributed by atoms with Crippen LogP contribution < -0.4 is 4.90 Å². The number of aromatic nitrogens is 1. The number of hydrogen-bond acceptors (Lipinski definition) is 3. The Hall–Kier alpha value is -1.84. The molecule has 0 bridgehead atoms. The average Bonchev–Trinajstić information content (AvgIpc) is 2.30. The van der Waals surface area contributed by atoms with Gasteiger partial charge in [-0.15, -0.1) is 0 Å². The number of anilines is 1. The molecule has 1 aromatic rings. The van der Waals surface area contributed by atoms with Crippen molar-refractivity contribution in [2.24, 2.45) is 0 Å². The van der Waals surface area contributed by atoms with Gasteiger partial charge in [0.15, 0.2) is 5.69 Å². The molecule has 0 saturated carbocycles. The lowest BCUT2D eigenvalue weighted by molar-refractivity contribution is 0.0691. The van der Waals surface area contributed by atoms with Crippen LogP contribution in [-0.2, 0) is 0 Å². The molecule has 2 rings (SSSR count). The lowest BCUT2D eigenvalue weighted by atomic mass is 10.1. The van der Waals surface area contributed by atoms with Crippen molar-refractivity contribution in [1.82, 2.24) is 4.98 Å². The molecule has 0 atom stereocenters. The van der Waals surface area contributed by atoms with Gasteiger partial charge in [0, 0.05) is 19.3 Å². The number of aromatic carboxylic acids is 1. The van der Waals surface area contributed by atoms with Crippen molar-refractivity contribution in [3.8, 4) is 0 Å². The van der Waals surface area contributed by atoms with Gasteiger partial charge in [0.05, 0.1) is 5.69 Å². The van der Waals surface area contributed by atoms with Crippen LogP contribution in [0.4, 0.5) is 5.69 Å². The summed E-state index contributed by atoms with van der Waals surface area (Å²) in [4.78, 5) is 17.0. The molecule has 0 unspecified atom stereocenters. The Morgan fingerprint density at radius 1 is 1.56 bits per heavy atom. The van der Waals surface area contributed by atoms with E-state index < -0.39 is 5.97 Å². The molecule has 16 heavy (non-hydrogen) atoms. The van der Waals surface area contributed by atoms with Gasteiger partial charge in [-0.2, -0.15) is 0 Å². The molecule has 1 aliphatic heterocycles. The third-order valence-electron chi connectivity index (χ3n) is 2.77. The Bertz CT molecular complexity index is 440. The first kappa shape index (κ1) is 10.7. The summed E-state index contributed by atoms with van der Waals surface area (Å²) in [7, 11) is 0. The molecule has 0 amide bonds. The zero-order chi connectivity index (χ0) is 11.5. The van der Waals surface area contributed by atoms with Crippen LogP contribution in [0.25, 0.3) is 0 Å². The molecule has 0 spiro atoms. The van der Waals surface area contributed by atoms with E-state index in [4.69, 9.17) is 5.11 Å². The van der Waals surface area contributed by atoms with Crippen molar-refractivity contribution < 1.29 is 9.90 Å². The topological polar surface area (TPSA) is 53.4 Å². The molecule has 1 N–H and O–H groups in total. The number of carbonyl (C=O) groups is 1. The smallest absolute Gasteiger partial charge is 0.356 e. The highest BCUT2D eigenvalue weighted by molar-refractivity contribution is 5.92. The highest BCUT2D eigenvalue weighted by Crippen LogP contribution is 2.22. The molecule has 0 saturated heterocycles. The Labute approximate surface area is 94.2 Å². The molecule has 4 heteroatoms. The van der Waals surface area contributed by atoms with Crippen LogP contribution in [0, 0.1) is 0 Å². The summed E-state index contributed by atoms with van der Waals surface area (Å²) in [6.07, 6.45) is 4.62. The summed E-state index contributed by atoms with van der Waals surface area (Å²) in [6.45, 7) is 3.71.